The van der Waals surface area contributed by atoms with E-state index in [9.17, 15) is 0 Å². The van der Waals surface area contributed by atoms with Gasteiger partial charge < -0.3 is 9.32 Å². The number of hydrogen-bond acceptors (Lipinski definition) is 3. The van der Waals surface area contributed by atoms with Crippen molar-refractivity contribution in [1.82, 2.24) is 0 Å². The van der Waals surface area contributed by atoms with Crippen molar-refractivity contribution in [3.05, 3.63) is 224 Å². The van der Waals surface area contributed by atoms with E-state index in [2.05, 4.69) is 229 Å². The fourth-order valence-electron chi connectivity index (χ4n) is 9.15. The third kappa shape index (κ3) is 6.09. The van der Waals surface area contributed by atoms with E-state index < -0.39 is 0 Å². The van der Waals surface area contributed by atoms with Crippen LogP contribution in [0, 0.1) is 0 Å². The van der Waals surface area contributed by atoms with Gasteiger partial charge in [-0.15, -0.1) is 11.3 Å². The standard InChI is InChI=1S/C58H37NOS/c1-3-13-38(14-4-1)43-35-44(39-15-5-2-6-16-39)37-45(36-43)40-25-30-46(31-26-40)59(52-21-12-22-53-57(52)51-34-29-41-17-7-8-18-49(41)58(51)60-53)47-32-27-42(28-33-47)48-20-11-24-55-56(48)50-19-9-10-23-54(50)61-55/h1-37H. The number of benzene rings is 10. The zero-order chi connectivity index (χ0) is 40.3. The molecule has 0 N–H and O–H groups in total. The lowest BCUT2D eigenvalue weighted by atomic mass is 9.93. The molecular formula is C58H37NOS. The summed E-state index contributed by atoms with van der Waals surface area (Å²) in [6, 6.07) is 81.1. The van der Waals surface area contributed by atoms with Gasteiger partial charge in [0.05, 0.1) is 11.1 Å². The van der Waals surface area contributed by atoms with E-state index in [0.717, 1.165) is 50.0 Å². The van der Waals surface area contributed by atoms with Gasteiger partial charge in [0, 0.05) is 42.3 Å². The molecule has 12 aromatic rings. The second kappa shape index (κ2) is 14.5. The average Bonchev–Trinajstić information content (AvgIpc) is 3.92. The maximum Gasteiger partial charge on any atom is 0.143 e. The molecule has 0 amide bonds. The third-order valence-corrected chi connectivity index (χ3v) is 13.2. The van der Waals surface area contributed by atoms with Crippen LogP contribution in [-0.2, 0) is 0 Å². The quantitative estimate of drug-likeness (QED) is 0.160. The summed E-state index contributed by atoms with van der Waals surface area (Å²) in [6.07, 6.45) is 0. The van der Waals surface area contributed by atoms with Crippen molar-refractivity contribution in [2.75, 3.05) is 4.90 Å². The van der Waals surface area contributed by atoms with Gasteiger partial charge in [-0.2, -0.15) is 0 Å². The molecule has 0 unspecified atom stereocenters. The highest BCUT2D eigenvalue weighted by Gasteiger charge is 2.21. The van der Waals surface area contributed by atoms with Gasteiger partial charge in [0.25, 0.3) is 0 Å². The molecule has 2 aromatic heterocycles. The minimum absolute atomic E-state index is 0.865. The summed E-state index contributed by atoms with van der Waals surface area (Å²) < 4.78 is 9.34. The summed E-state index contributed by atoms with van der Waals surface area (Å²) in [6.45, 7) is 0. The molecule has 0 bridgehead atoms. The van der Waals surface area contributed by atoms with Crippen LogP contribution in [0.2, 0.25) is 0 Å². The smallest absolute Gasteiger partial charge is 0.143 e. The zero-order valence-electron chi connectivity index (χ0n) is 33.1. The number of hydrogen-bond donors (Lipinski definition) is 0. The predicted octanol–water partition coefficient (Wildman–Crippen LogP) is 17.2. The van der Waals surface area contributed by atoms with Crippen LogP contribution >= 0.6 is 11.3 Å². The molecule has 0 fully saturated rings. The Balaban J connectivity index is 1.02. The van der Waals surface area contributed by atoms with Gasteiger partial charge in [-0.3, -0.25) is 0 Å². The highest BCUT2D eigenvalue weighted by Crippen LogP contribution is 2.46. The Morgan fingerprint density at radius 3 is 1.59 bits per heavy atom. The van der Waals surface area contributed by atoms with Gasteiger partial charge >= 0.3 is 0 Å². The van der Waals surface area contributed by atoms with E-state index in [0.29, 0.717) is 0 Å². The molecule has 0 aliphatic heterocycles. The summed E-state index contributed by atoms with van der Waals surface area (Å²) in [7, 11) is 0. The summed E-state index contributed by atoms with van der Waals surface area (Å²) in [4.78, 5) is 2.39. The highest BCUT2D eigenvalue weighted by atomic mass is 32.1. The topological polar surface area (TPSA) is 16.4 Å². The van der Waals surface area contributed by atoms with Crippen LogP contribution in [0.1, 0.15) is 0 Å². The fourth-order valence-corrected chi connectivity index (χ4v) is 10.3. The molecule has 0 saturated carbocycles. The van der Waals surface area contributed by atoms with Crippen molar-refractivity contribution in [3.63, 3.8) is 0 Å². The molecule has 0 aliphatic carbocycles. The van der Waals surface area contributed by atoms with E-state index >= 15 is 0 Å². The molecule has 2 nitrogen and oxygen atoms in total. The van der Waals surface area contributed by atoms with E-state index in [-0.39, 0.29) is 0 Å². The number of furan rings is 1. The maximum absolute atomic E-state index is 6.72. The van der Waals surface area contributed by atoms with Crippen molar-refractivity contribution in [2.45, 2.75) is 0 Å². The Morgan fingerprint density at radius 2 is 0.902 bits per heavy atom. The minimum Gasteiger partial charge on any atom is -0.455 e. The monoisotopic (exact) mass is 795 g/mol. The Bertz CT molecular complexity index is 3510. The zero-order valence-corrected chi connectivity index (χ0v) is 33.9. The molecule has 0 spiro atoms. The first kappa shape index (κ1) is 35.2. The van der Waals surface area contributed by atoms with Gasteiger partial charge in [0.15, 0.2) is 0 Å². The summed E-state index contributed by atoms with van der Waals surface area (Å²) >= 11 is 1.86. The van der Waals surface area contributed by atoms with Crippen LogP contribution in [0.5, 0.6) is 0 Å². The molecule has 2 heterocycles. The van der Waals surface area contributed by atoms with Gasteiger partial charge in [0.2, 0.25) is 0 Å². The first-order valence-corrected chi connectivity index (χ1v) is 21.6. The lowest BCUT2D eigenvalue weighted by molar-refractivity contribution is 0.672. The van der Waals surface area contributed by atoms with Crippen molar-refractivity contribution in [2.24, 2.45) is 0 Å². The molecule has 12 rings (SSSR count). The van der Waals surface area contributed by atoms with Crippen LogP contribution in [0.3, 0.4) is 0 Å². The molecule has 3 heteroatoms. The van der Waals surface area contributed by atoms with Crippen molar-refractivity contribution in [3.8, 4) is 44.5 Å². The second-order valence-corrected chi connectivity index (χ2v) is 16.7. The number of rotatable bonds is 7. The molecule has 286 valence electrons. The molecule has 0 saturated heterocycles. The normalized spacial score (nSPS) is 11.6. The summed E-state index contributed by atoms with van der Waals surface area (Å²) in [5.41, 5.74) is 14.5. The lowest BCUT2D eigenvalue weighted by Crippen LogP contribution is -2.10. The number of anilines is 3. The Kier molecular flexibility index (Phi) is 8.39. The average molecular weight is 796 g/mol. The molecule has 0 atom stereocenters. The van der Waals surface area contributed by atoms with E-state index in [1.807, 2.05) is 11.3 Å². The summed E-state index contributed by atoms with van der Waals surface area (Å²) in [5, 5.41) is 7.10. The van der Waals surface area contributed by atoms with Crippen molar-refractivity contribution in [1.29, 1.82) is 0 Å². The largest absolute Gasteiger partial charge is 0.455 e. The van der Waals surface area contributed by atoms with Crippen LogP contribution in [0.15, 0.2) is 229 Å². The van der Waals surface area contributed by atoms with E-state index in [1.165, 1.54) is 64.5 Å². The van der Waals surface area contributed by atoms with Gasteiger partial charge in [-0.25, -0.2) is 0 Å². The van der Waals surface area contributed by atoms with E-state index in [4.69, 9.17) is 4.42 Å². The van der Waals surface area contributed by atoms with Crippen LogP contribution in [0.25, 0.3) is 97.4 Å². The Hall–Kier alpha value is -7.72. The van der Waals surface area contributed by atoms with Crippen LogP contribution in [0.4, 0.5) is 17.1 Å². The number of nitrogens with zero attached hydrogens (tertiary/aromatic N) is 1. The molecular weight excluding hydrogens is 759 g/mol. The summed E-state index contributed by atoms with van der Waals surface area (Å²) in [5.74, 6) is 0. The molecule has 0 aliphatic rings. The Morgan fingerprint density at radius 1 is 0.344 bits per heavy atom. The second-order valence-electron chi connectivity index (χ2n) is 15.7. The third-order valence-electron chi connectivity index (χ3n) is 12.1. The Labute approximate surface area is 357 Å². The fraction of sp³-hybridized carbons (Fsp3) is 0. The molecule has 0 radical (unpaired) electrons. The molecule has 61 heavy (non-hydrogen) atoms. The number of fused-ring (bicyclic) bond motifs is 8. The van der Waals surface area contributed by atoms with Gasteiger partial charge in [-0.05, 0) is 123 Å². The molecule has 10 aromatic carbocycles. The SMILES string of the molecule is c1ccc(-c2cc(-c3ccccc3)cc(-c3ccc(N(c4ccc(-c5cccc6sc7ccccc7c56)cc4)c4cccc5oc6c7ccccc7ccc6c45)cc3)c2)cc1. The van der Waals surface area contributed by atoms with Crippen molar-refractivity contribution < 1.29 is 4.42 Å². The van der Waals surface area contributed by atoms with Gasteiger partial charge in [0.1, 0.15) is 11.2 Å². The number of thiophene rings is 1. The van der Waals surface area contributed by atoms with Gasteiger partial charge in [-0.1, -0.05) is 152 Å². The van der Waals surface area contributed by atoms with Crippen LogP contribution in [-0.4, -0.2) is 0 Å². The highest BCUT2D eigenvalue weighted by molar-refractivity contribution is 7.25. The minimum atomic E-state index is 0.865. The first-order valence-electron chi connectivity index (χ1n) is 20.7. The maximum atomic E-state index is 6.72. The lowest BCUT2D eigenvalue weighted by Gasteiger charge is -2.27. The first-order chi connectivity index (χ1) is 30.2. The predicted molar refractivity (Wildman–Crippen MR) is 261 cm³/mol. The van der Waals surface area contributed by atoms with Crippen molar-refractivity contribution >= 4 is 81.3 Å². The van der Waals surface area contributed by atoms with E-state index in [1.54, 1.807) is 0 Å². The van der Waals surface area contributed by atoms with Crippen LogP contribution < -0.4 is 4.90 Å².